The van der Waals surface area contributed by atoms with Crippen LogP contribution in [0.15, 0.2) is 66.7 Å². The fraction of sp³-hybridized carbons (Fsp3) is 0.158. The van der Waals surface area contributed by atoms with Crippen molar-refractivity contribution in [3.63, 3.8) is 0 Å². The molecule has 5 nitrogen and oxygen atoms in total. The van der Waals surface area contributed by atoms with Gasteiger partial charge in [0.25, 0.3) is 0 Å². The van der Waals surface area contributed by atoms with Crippen LogP contribution in [0.5, 0.6) is 5.75 Å². The summed E-state index contributed by atoms with van der Waals surface area (Å²) in [4.78, 5) is 23.3. The van der Waals surface area contributed by atoms with E-state index >= 15 is 0 Å². The summed E-state index contributed by atoms with van der Waals surface area (Å²) in [5.41, 5.74) is 2.21. The zero-order valence-electron chi connectivity index (χ0n) is 13.6. The molecule has 124 valence electrons. The second-order valence-electron chi connectivity index (χ2n) is 5.26. The summed E-state index contributed by atoms with van der Waals surface area (Å²) in [7, 11) is 0. The van der Waals surface area contributed by atoms with Crippen molar-refractivity contribution in [2.45, 2.75) is 20.1 Å². The van der Waals surface area contributed by atoms with Gasteiger partial charge < -0.3 is 9.47 Å². The lowest BCUT2D eigenvalue weighted by molar-refractivity contribution is -0.144. The molecule has 5 heteroatoms. The largest absolute Gasteiger partial charge is 0.439 e. The molecule has 0 aliphatic carbocycles. The lowest BCUT2D eigenvalue weighted by Gasteiger charge is -2.15. The molecule has 1 unspecified atom stereocenters. The van der Waals surface area contributed by atoms with Gasteiger partial charge in [-0.1, -0.05) is 49.0 Å². The molecule has 0 bridgehead atoms. The second-order valence-corrected chi connectivity index (χ2v) is 5.26. The van der Waals surface area contributed by atoms with Crippen molar-refractivity contribution in [2.75, 3.05) is 0 Å². The topological polar surface area (TPSA) is 64.6 Å². The molecule has 24 heavy (non-hydrogen) atoms. The summed E-state index contributed by atoms with van der Waals surface area (Å²) < 4.78 is 10.2. The Kier molecular flexibility index (Phi) is 5.73. The summed E-state index contributed by atoms with van der Waals surface area (Å²) in [5.74, 6) is -0.179. The molecule has 1 atom stereocenters. The highest BCUT2D eigenvalue weighted by atomic mass is 16.6. The summed E-state index contributed by atoms with van der Waals surface area (Å²) >= 11 is 0. The summed E-state index contributed by atoms with van der Waals surface area (Å²) in [6, 6.07) is 16.9. The minimum absolute atomic E-state index is 0.257. The average Bonchev–Trinajstić information content (AvgIpc) is 2.55. The van der Waals surface area contributed by atoms with Crippen LogP contribution in [-0.2, 0) is 9.53 Å². The smallest absolute Gasteiger partial charge is 0.415 e. The molecule has 2 aromatic carbocycles. The van der Waals surface area contributed by atoms with E-state index in [1.165, 1.54) is 13.8 Å². The van der Waals surface area contributed by atoms with Crippen LogP contribution in [0.3, 0.4) is 0 Å². The van der Waals surface area contributed by atoms with Gasteiger partial charge in [-0.25, -0.2) is 9.59 Å². The monoisotopic (exact) mass is 325 g/mol. The first-order valence-electron chi connectivity index (χ1n) is 7.46. The SMILES string of the molecule is C=C(C)C(=O)OC(C)NC(=O)Oc1cccc(-c2ccccc2)c1. The third kappa shape index (κ3) is 4.98. The van der Waals surface area contributed by atoms with Gasteiger partial charge in [-0.05, 0) is 37.1 Å². The van der Waals surface area contributed by atoms with E-state index in [0.717, 1.165) is 11.1 Å². The number of carbonyl (C=O) groups is 2. The Labute approximate surface area is 140 Å². The average molecular weight is 325 g/mol. The van der Waals surface area contributed by atoms with Crippen LogP contribution >= 0.6 is 0 Å². The van der Waals surface area contributed by atoms with E-state index in [9.17, 15) is 9.59 Å². The summed E-state index contributed by atoms with van der Waals surface area (Å²) in [5, 5.41) is 2.43. The maximum absolute atomic E-state index is 11.9. The Hall–Kier alpha value is -3.08. The predicted octanol–water partition coefficient (Wildman–Crippen LogP) is 3.91. The van der Waals surface area contributed by atoms with Crippen LogP contribution in [0, 0.1) is 0 Å². The van der Waals surface area contributed by atoms with E-state index in [0.29, 0.717) is 5.75 Å². The molecular weight excluding hydrogens is 306 g/mol. The molecule has 2 rings (SSSR count). The van der Waals surface area contributed by atoms with E-state index in [1.54, 1.807) is 18.2 Å². The van der Waals surface area contributed by atoms with Gasteiger partial charge >= 0.3 is 12.1 Å². The van der Waals surface area contributed by atoms with Crippen molar-refractivity contribution in [3.05, 3.63) is 66.7 Å². The van der Waals surface area contributed by atoms with Crippen LogP contribution in [0.1, 0.15) is 13.8 Å². The fourth-order valence-electron chi connectivity index (χ4n) is 1.96. The van der Waals surface area contributed by atoms with Crippen LogP contribution in [-0.4, -0.2) is 18.3 Å². The predicted molar refractivity (Wildman–Crippen MR) is 91.4 cm³/mol. The van der Waals surface area contributed by atoms with E-state index in [1.807, 2.05) is 36.4 Å². The van der Waals surface area contributed by atoms with Crippen molar-refractivity contribution in [2.24, 2.45) is 0 Å². The molecule has 0 heterocycles. The van der Waals surface area contributed by atoms with Crippen molar-refractivity contribution < 1.29 is 19.1 Å². The molecule has 1 amide bonds. The van der Waals surface area contributed by atoms with E-state index in [4.69, 9.17) is 9.47 Å². The van der Waals surface area contributed by atoms with Gasteiger partial charge in [0.05, 0.1) is 0 Å². The normalized spacial score (nSPS) is 11.2. The number of ether oxygens (including phenoxy) is 2. The molecular formula is C19H19NO4. The third-order valence-corrected chi connectivity index (χ3v) is 3.11. The minimum atomic E-state index is -0.820. The first kappa shape index (κ1) is 17.3. The van der Waals surface area contributed by atoms with Gasteiger partial charge in [-0.15, -0.1) is 0 Å². The molecule has 0 aliphatic heterocycles. The number of benzene rings is 2. The number of hydrogen-bond donors (Lipinski definition) is 1. The van der Waals surface area contributed by atoms with Crippen molar-refractivity contribution in [1.29, 1.82) is 0 Å². The number of esters is 1. The van der Waals surface area contributed by atoms with Gasteiger partial charge in [0, 0.05) is 5.57 Å². The van der Waals surface area contributed by atoms with Crippen LogP contribution in [0.4, 0.5) is 4.79 Å². The number of hydrogen-bond acceptors (Lipinski definition) is 4. The molecule has 1 N–H and O–H groups in total. The van der Waals surface area contributed by atoms with Crippen LogP contribution in [0.25, 0.3) is 11.1 Å². The van der Waals surface area contributed by atoms with Gasteiger partial charge in [0.15, 0.2) is 6.23 Å². The Morgan fingerprint density at radius 2 is 1.71 bits per heavy atom. The number of nitrogens with one attached hydrogen (secondary N) is 1. The molecule has 0 radical (unpaired) electrons. The Balaban J connectivity index is 1.97. The molecule has 0 aliphatic rings. The van der Waals surface area contributed by atoms with Crippen molar-refractivity contribution in [3.8, 4) is 16.9 Å². The Morgan fingerprint density at radius 3 is 2.38 bits per heavy atom. The van der Waals surface area contributed by atoms with Crippen molar-refractivity contribution in [1.82, 2.24) is 5.32 Å². The number of amides is 1. The van der Waals surface area contributed by atoms with E-state index in [2.05, 4.69) is 11.9 Å². The van der Waals surface area contributed by atoms with Gasteiger partial charge in [0.2, 0.25) is 0 Å². The lowest BCUT2D eigenvalue weighted by atomic mass is 10.1. The standard InChI is InChI=1S/C19H19NO4/c1-13(2)18(21)23-14(3)20-19(22)24-17-11-7-10-16(12-17)15-8-5-4-6-9-15/h4-12,14H,1H2,2-3H3,(H,20,22). The molecule has 0 spiro atoms. The zero-order chi connectivity index (χ0) is 17.5. The Morgan fingerprint density at radius 1 is 1.04 bits per heavy atom. The highest BCUT2D eigenvalue weighted by molar-refractivity contribution is 5.87. The second kappa shape index (κ2) is 7.97. The number of carbonyl (C=O) groups excluding carboxylic acids is 2. The van der Waals surface area contributed by atoms with Gasteiger partial charge in [-0.2, -0.15) is 0 Å². The quantitative estimate of drug-likeness (QED) is 0.514. The molecule has 0 saturated carbocycles. The zero-order valence-corrected chi connectivity index (χ0v) is 13.6. The maximum Gasteiger partial charge on any atom is 0.415 e. The molecule has 0 saturated heterocycles. The highest BCUT2D eigenvalue weighted by Gasteiger charge is 2.14. The highest BCUT2D eigenvalue weighted by Crippen LogP contribution is 2.23. The maximum atomic E-state index is 11.9. The van der Waals surface area contributed by atoms with Crippen LogP contribution < -0.4 is 10.1 Å². The molecule has 0 fully saturated rings. The number of rotatable bonds is 5. The summed E-state index contributed by atoms with van der Waals surface area (Å²) in [6.07, 6.45) is -1.53. The first-order chi connectivity index (χ1) is 11.5. The Bertz CT molecular complexity index is 740. The molecule has 2 aromatic rings. The van der Waals surface area contributed by atoms with Crippen LogP contribution in [0.2, 0.25) is 0 Å². The van der Waals surface area contributed by atoms with E-state index in [-0.39, 0.29) is 5.57 Å². The third-order valence-electron chi connectivity index (χ3n) is 3.11. The lowest BCUT2D eigenvalue weighted by Crippen LogP contribution is -2.38. The summed E-state index contributed by atoms with van der Waals surface area (Å²) in [6.45, 7) is 6.54. The van der Waals surface area contributed by atoms with Gasteiger partial charge in [0.1, 0.15) is 5.75 Å². The van der Waals surface area contributed by atoms with Gasteiger partial charge in [-0.3, -0.25) is 5.32 Å². The minimum Gasteiger partial charge on any atom is -0.439 e. The van der Waals surface area contributed by atoms with E-state index < -0.39 is 18.3 Å². The molecule has 0 aromatic heterocycles. The first-order valence-corrected chi connectivity index (χ1v) is 7.46. The fourth-order valence-corrected chi connectivity index (χ4v) is 1.96. The van der Waals surface area contributed by atoms with Crippen molar-refractivity contribution >= 4 is 12.1 Å².